The first kappa shape index (κ1) is 14.3. The van der Waals surface area contributed by atoms with Gasteiger partial charge in [-0.25, -0.2) is 0 Å². The van der Waals surface area contributed by atoms with Crippen molar-refractivity contribution in [2.75, 3.05) is 35.3 Å². The molecule has 1 aromatic rings. The number of carbonyl (C=O) groups excluding carboxylic acids is 1. The van der Waals surface area contributed by atoms with Gasteiger partial charge in [-0.15, -0.1) is 0 Å². The molecule has 2 rings (SSSR count). The average molecular weight is 278 g/mol. The number of nitrogens with one attached hydrogen (secondary N) is 1. The van der Waals surface area contributed by atoms with Crippen LogP contribution in [0.2, 0.25) is 0 Å². The lowest BCUT2D eigenvalue weighted by Crippen LogP contribution is -2.23. The maximum Gasteiger partial charge on any atom is 0.234 e. The fourth-order valence-corrected chi connectivity index (χ4v) is 2.75. The molecular weight excluding hydrogens is 256 g/mol. The van der Waals surface area contributed by atoms with Crippen molar-refractivity contribution in [3.05, 3.63) is 24.3 Å². The molecule has 1 aliphatic heterocycles. The fraction of sp³-hybridized carbons (Fsp3) is 0.533. The topological polar surface area (TPSA) is 32.3 Å². The van der Waals surface area contributed by atoms with E-state index in [0.29, 0.717) is 5.75 Å². The maximum atomic E-state index is 11.5. The Morgan fingerprint density at radius 2 is 1.79 bits per heavy atom. The Morgan fingerprint density at radius 1 is 1.16 bits per heavy atom. The maximum absolute atomic E-state index is 11.5. The summed E-state index contributed by atoms with van der Waals surface area (Å²) in [5.74, 6) is 0.573. The van der Waals surface area contributed by atoms with Gasteiger partial charge in [0.05, 0.1) is 5.75 Å². The number of anilines is 2. The van der Waals surface area contributed by atoms with Crippen molar-refractivity contribution in [3.63, 3.8) is 0 Å². The van der Waals surface area contributed by atoms with Crippen molar-refractivity contribution in [1.82, 2.24) is 0 Å². The molecule has 1 saturated heterocycles. The molecule has 1 heterocycles. The molecule has 1 aromatic carbocycles. The van der Waals surface area contributed by atoms with Gasteiger partial charge in [0.25, 0.3) is 0 Å². The van der Waals surface area contributed by atoms with Crippen LogP contribution in [0.3, 0.4) is 0 Å². The summed E-state index contributed by atoms with van der Waals surface area (Å²) in [6.07, 6.45) is 7.19. The lowest BCUT2D eigenvalue weighted by atomic mass is 10.2. The van der Waals surface area contributed by atoms with Crippen molar-refractivity contribution in [2.24, 2.45) is 0 Å². The van der Waals surface area contributed by atoms with Crippen LogP contribution in [0.15, 0.2) is 24.3 Å². The van der Waals surface area contributed by atoms with E-state index < -0.39 is 0 Å². The van der Waals surface area contributed by atoms with Crippen molar-refractivity contribution in [3.8, 4) is 0 Å². The Bertz CT molecular complexity index is 397. The first-order valence-corrected chi connectivity index (χ1v) is 8.33. The second kappa shape index (κ2) is 7.43. The van der Waals surface area contributed by atoms with E-state index in [2.05, 4.69) is 22.3 Å². The Kier molecular flexibility index (Phi) is 5.58. The molecule has 0 atom stereocenters. The molecule has 1 fully saturated rings. The lowest BCUT2D eigenvalue weighted by molar-refractivity contribution is -0.113. The molecule has 0 aromatic heterocycles. The van der Waals surface area contributed by atoms with Crippen molar-refractivity contribution < 1.29 is 4.79 Å². The number of rotatable bonds is 4. The van der Waals surface area contributed by atoms with Gasteiger partial charge in [0, 0.05) is 24.5 Å². The summed E-state index contributed by atoms with van der Waals surface area (Å²) in [6.45, 7) is 2.30. The van der Waals surface area contributed by atoms with E-state index in [9.17, 15) is 4.79 Å². The van der Waals surface area contributed by atoms with Crippen LogP contribution in [0, 0.1) is 0 Å². The highest BCUT2D eigenvalue weighted by Gasteiger charge is 2.09. The van der Waals surface area contributed by atoms with Gasteiger partial charge in [-0.2, -0.15) is 11.8 Å². The number of amides is 1. The van der Waals surface area contributed by atoms with E-state index >= 15 is 0 Å². The van der Waals surface area contributed by atoms with Crippen LogP contribution < -0.4 is 10.2 Å². The Hall–Kier alpha value is -1.16. The van der Waals surface area contributed by atoms with Crippen LogP contribution in [-0.4, -0.2) is 31.0 Å². The van der Waals surface area contributed by atoms with E-state index in [-0.39, 0.29) is 5.91 Å². The quantitative estimate of drug-likeness (QED) is 0.916. The van der Waals surface area contributed by atoms with E-state index in [1.54, 1.807) is 0 Å². The number of nitrogens with zero attached hydrogens (tertiary/aromatic N) is 1. The molecule has 104 valence electrons. The summed E-state index contributed by atoms with van der Waals surface area (Å²) < 4.78 is 0. The molecule has 0 bridgehead atoms. The second-order valence-electron chi connectivity index (χ2n) is 4.93. The monoisotopic (exact) mass is 278 g/mol. The van der Waals surface area contributed by atoms with Crippen LogP contribution in [0.4, 0.5) is 11.4 Å². The van der Waals surface area contributed by atoms with Gasteiger partial charge in [0.1, 0.15) is 0 Å². The molecule has 0 saturated carbocycles. The highest BCUT2D eigenvalue weighted by atomic mass is 32.2. The van der Waals surface area contributed by atoms with Crippen LogP contribution in [0.1, 0.15) is 25.7 Å². The number of thioether (sulfide) groups is 1. The Balaban J connectivity index is 1.95. The predicted molar refractivity (Wildman–Crippen MR) is 84.1 cm³/mol. The largest absolute Gasteiger partial charge is 0.372 e. The van der Waals surface area contributed by atoms with Crippen molar-refractivity contribution in [1.29, 1.82) is 0 Å². The predicted octanol–water partition coefficient (Wildman–Crippen LogP) is 3.37. The standard InChI is InChI=1S/C15H22N2OS/c1-19-12-15(18)16-13-6-8-14(9-7-13)17-10-4-2-3-5-11-17/h6-9H,2-5,10-12H2,1H3,(H,16,18). The lowest BCUT2D eigenvalue weighted by Gasteiger charge is -2.22. The van der Waals surface area contributed by atoms with Gasteiger partial charge in [-0.3, -0.25) is 4.79 Å². The minimum Gasteiger partial charge on any atom is -0.372 e. The zero-order valence-corrected chi connectivity index (χ0v) is 12.3. The number of benzene rings is 1. The van der Waals surface area contributed by atoms with Crippen LogP contribution in [-0.2, 0) is 4.79 Å². The summed E-state index contributed by atoms with van der Waals surface area (Å²) in [5.41, 5.74) is 2.15. The SMILES string of the molecule is CSCC(=O)Nc1ccc(N2CCCCCC2)cc1. The molecule has 0 radical (unpaired) electrons. The van der Waals surface area contributed by atoms with E-state index in [0.717, 1.165) is 18.8 Å². The van der Waals surface area contributed by atoms with Gasteiger partial charge in [-0.05, 0) is 43.4 Å². The minimum atomic E-state index is 0.0648. The number of hydrogen-bond acceptors (Lipinski definition) is 3. The molecule has 1 N–H and O–H groups in total. The van der Waals surface area contributed by atoms with Gasteiger partial charge in [-0.1, -0.05) is 12.8 Å². The first-order chi connectivity index (χ1) is 9.29. The van der Waals surface area contributed by atoms with E-state index in [4.69, 9.17) is 0 Å². The molecular formula is C15H22N2OS. The minimum absolute atomic E-state index is 0.0648. The van der Waals surface area contributed by atoms with Crippen molar-refractivity contribution in [2.45, 2.75) is 25.7 Å². The molecule has 0 spiro atoms. The number of hydrogen-bond donors (Lipinski definition) is 1. The summed E-state index contributed by atoms with van der Waals surface area (Å²) in [6, 6.07) is 8.22. The third-order valence-electron chi connectivity index (χ3n) is 3.40. The summed E-state index contributed by atoms with van der Waals surface area (Å²) in [4.78, 5) is 13.9. The molecule has 19 heavy (non-hydrogen) atoms. The highest BCUT2D eigenvalue weighted by molar-refractivity contribution is 7.99. The zero-order valence-electron chi connectivity index (χ0n) is 11.5. The van der Waals surface area contributed by atoms with Gasteiger partial charge in [0.2, 0.25) is 5.91 Å². The molecule has 0 aliphatic carbocycles. The summed E-state index contributed by atoms with van der Waals surface area (Å²) >= 11 is 1.54. The zero-order chi connectivity index (χ0) is 13.5. The van der Waals surface area contributed by atoms with Gasteiger partial charge >= 0.3 is 0 Å². The second-order valence-corrected chi connectivity index (χ2v) is 5.80. The Labute approximate surface area is 119 Å². The first-order valence-electron chi connectivity index (χ1n) is 6.93. The molecule has 1 amide bonds. The fourth-order valence-electron chi connectivity index (χ4n) is 2.41. The third-order valence-corrected chi connectivity index (χ3v) is 3.95. The Morgan fingerprint density at radius 3 is 2.37 bits per heavy atom. The van der Waals surface area contributed by atoms with Gasteiger partial charge in [0.15, 0.2) is 0 Å². The molecule has 3 nitrogen and oxygen atoms in total. The van der Waals surface area contributed by atoms with Crippen molar-refractivity contribution >= 4 is 29.0 Å². The van der Waals surface area contributed by atoms with E-state index in [1.165, 1.54) is 43.1 Å². The summed E-state index contributed by atoms with van der Waals surface area (Å²) in [7, 11) is 0. The van der Waals surface area contributed by atoms with Crippen LogP contribution >= 0.6 is 11.8 Å². The third kappa shape index (κ3) is 4.46. The van der Waals surface area contributed by atoms with Crippen LogP contribution in [0.25, 0.3) is 0 Å². The smallest absolute Gasteiger partial charge is 0.234 e. The average Bonchev–Trinajstić information content (AvgIpc) is 2.69. The molecule has 1 aliphatic rings. The van der Waals surface area contributed by atoms with Crippen LogP contribution in [0.5, 0.6) is 0 Å². The van der Waals surface area contributed by atoms with E-state index in [1.807, 2.05) is 18.4 Å². The molecule has 4 heteroatoms. The van der Waals surface area contributed by atoms with Gasteiger partial charge < -0.3 is 10.2 Å². The molecule has 0 unspecified atom stereocenters. The summed E-state index contributed by atoms with van der Waals surface area (Å²) in [5, 5.41) is 2.91. The highest BCUT2D eigenvalue weighted by Crippen LogP contribution is 2.21. The number of carbonyl (C=O) groups is 1. The normalized spacial score (nSPS) is 15.9.